The van der Waals surface area contributed by atoms with Crippen molar-refractivity contribution in [1.29, 1.82) is 0 Å². The van der Waals surface area contributed by atoms with E-state index < -0.39 is 0 Å². The second kappa shape index (κ2) is 7.66. The maximum absolute atomic E-state index is 4.50. The standard InChI is InChI=1S/C22H25N5/c1-17-6-5-8-19(14-17)26-10-12-27(13-11-26)22-15-21(23-16-24-22)25-20-9-4-3-7-18(20)2/h3-9,14-16H,10-13H2,1-2H3,(H,23,24,25). The van der Waals surface area contributed by atoms with Crippen LogP contribution in [0.15, 0.2) is 60.9 Å². The monoisotopic (exact) mass is 359 g/mol. The van der Waals surface area contributed by atoms with Crippen molar-refractivity contribution < 1.29 is 0 Å². The van der Waals surface area contributed by atoms with E-state index >= 15 is 0 Å². The molecule has 27 heavy (non-hydrogen) atoms. The number of piperazine rings is 1. The molecule has 1 saturated heterocycles. The van der Waals surface area contributed by atoms with Crippen LogP contribution in [0.3, 0.4) is 0 Å². The largest absolute Gasteiger partial charge is 0.368 e. The van der Waals surface area contributed by atoms with Gasteiger partial charge in [-0.2, -0.15) is 0 Å². The number of aromatic nitrogens is 2. The van der Waals surface area contributed by atoms with E-state index in [1.807, 2.05) is 18.2 Å². The van der Waals surface area contributed by atoms with Crippen molar-refractivity contribution in [2.24, 2.45) is 0 Å². The molecule has 0 spiro atoms. The molecule has 0 unspecified atom stereocenters. The summed E-state index contributed by atoms with van der Waals surface area (Å²) in [6, 6.07) is 19.0. The van der Waals surface area contributed by atoms with Crippen molar-refractivity contribution in [3.63, 3.8) is 0 Å². The quantitative estimate of drug-likeness (QED) is 0.758. The average molecular weight is 359 g/mol. The third-order valence-electron chi connectivity index (χ3n) is 5.03. The Kier molecular flexibility index (Phi) is 4.92. The summed E-state index contributed by atoms with van der Waals surface area (Å²) in [6.45, 7) is 8.13. The first kappa shape index (κ1) is 17.3. The number of nitrogens with one attached hydrogen (secondary N) is 1. The number of hydrogen-bond donors (Lipinski definition) is 1. The van der Waals surface area contributed by atoms with E-state index in [4.69, 9.17) is 0 Å². The topological polar surface area (TPSA) is 44.3 Å². The van der Waals surface area contributed by atoms with Crippen molar-refractivity contribution in [1.82, 2.24) is 9.97 Å². The molecular weight excluding hydrogens is 334 g/mol. The smallest absolute Gasteiger partial charge is 0.135 e. The summed E-state index contributed by atoms with van der Waals surface area (Å²) in [5, 5.41) is 3.40. The van der Waals surface area contributed by atoms with Gasteiger partial charge in [-0.05, 0) is 43.2 Å². The van der Waals surface area contributed by atoms with Gasteiger partial charge in [-0.15, -0.1) is 0 Å². The zero-order valence-corrected chi connectivity index (χ0v) is 15.9. The Labute approximate surface area is 160 Å². The Balaban J connectivity index is 1.43. The molecule has 0 amide bonds. The third kappa shape index (κ3) is 4.03. The van der Waals surface area contributed by atoms with Crippen molar-refractivity contribution in [3.05, 3.63) is 72.1 Å². The number of para-hydroxylation sites is 1. The van der Waals surface area contributed by atoms with Gasteiger partial charge < -0.3 is 15.1 Å². The van der Waals surface area contributed by atoms with Crippen molar-refractivity contribution >= 4 is 23.0 Å². The Morgan fingerprint density at radius 1 is 0.815 bits per heavy atom. The number of nitrogens with zero attached hydrogens (tertiary/aromatic N) is 4. The van der Waals surface area contributed by atoms with E-state index in [-0.39, 0.29) is 0 Å². The Bertz CT molecular complexity index is 916. The lowest BCUT2D eigenvalue weighted by atomic mass is 10.2. The highest BCUT2D eigenvalue weighted by atomic mass is 15.3. The highest BCUT2D eigenvalue weighted by Gasteiger charge is 2.19. The predicted octanol–water partition coefficient (Wildman–Crippen LogP) is 4.16. The zero-order chi connectivity index (χ0) is 18.6. The number of anilines is 4. The molecular formula is C22H25N5. The van der Waals surface area contributed by atoms with Crippen molar-refractivity contribution in [2.45, 2.75) is 13.8 Å². The van der Waals surface area contributed by atoms with Crippen LogP contribution in [0.5, 0.6) is 0 Å². The van der Waals surface area contributed by atoms with Gasteiger partial charge in [0.25, 0.3) is 0 Å². The van der Waals surface area contributed by atoms with Gasteiger partial charge in [0.15, 0.2) is 0 Å². The van der Waals surface area contributed by atoms with Gasteiger partial charge >= 0.3 is 0 Å². The van der Waals surface area contributed by atoms with Crippen LogP contribution in [0.2, 0.25) is 0 Å². The van der Waals surface area contributed by atoms with Gasteiger partial charge in [0, 0.05) is 43.6 Å². The van der Waals surface area contributed by atoms with Crippen LogP contribution in [-0.2, 0) is 0 Å². The molecule has 0 aliphatic carbocycles. The van der Waals surface area contributed by atoms with E-state index in [9.17, 15) is 0 Å². The van der Waals surface area contributed by atoms with Gasteiger partial charge in [0.05, 0.1) is 0 Å². The highest BCUT2D eigenvalue weighted by Crippen LogP contribution is 2.23. The van der Waals surface area contributed by atoms with Gasteiger partial charge in [-0.25, -0.2) is 9.97 Å². The highest BCUT2D eigenvalue weighted by molar-refractivity contribution is 5.62. The lowest BCUT2D eigenvalue weighted by Gasteiger charge is -2.36. The van der Waals surface area contributed by atoms with Gasteiger partial charge in [-0.1, -0.05) is 30.3 Å². The Hall–Kier alpha value is -3.08. The van der Waals surface area contributed by atoms with Gasteiger partial charge in [-0.3, -0.25) is 0 Å². The maximum atomic E-state index is 4.50. The van der Waals surface area contributed by atoms with Crippen LogP contribution < -0.4 is 15.1 Å². The summed E-state index contributed by atoms with van der Waals surface area (Å²) < 4.78 is 0. The molecule has 2 heterocycles. The molecule has 4 rings (SSSR count). The van der Waals surface area contributed by atoms with E-state index in [0.29, 0.717) is 0 Å². The van der Waals surface area contributed by atoms with Crippen LogP contribution >= 0.6 is 0 Å². The second-order valence-electron chi connectivity index (χ2n) is 7.01. The SMILES string of the molecule is Cc1cccc(N2CCN(c3cc(Nc4ccccc4C)ncn3)CC2)c1. The van der Waals surface area contributed by atoms with Crippen LogP contribution in [0.4, 0.5) is 23.0 Å². The van der Waals surface area contributed by atoms with E-state index in [1.54, 1.807) is 6.33 Å². The molecule has 5 heteroatoms. The minimum atomic E-state index is 0.829. The summed E-state index contributed by atoms with van der Waals surface area (Å²) in [7, 11) is 0. The molecule has 1 N–H and O–H groups in total. The lowest BCUT2D eigenvalue weighted by Crippen LogP contribution is -2.46. The van der Waals surface area contributed by atoms with Crippen LogP contribution in [0.1, 0.15) is 11.1 Å². The van der Waals surface area contributed by atoms with Gasteiger partial charge in [0.1, 0.15) is 18.0 Å². The first-order valence-electron chi connectivity index (χ1n) is 9.40. The van der Waals surface area contributed by atoms with E-state index in [1.165, 1.54) is 16.8 Å². The molecule has 0 bridgehead atoms. The molecule has 0 atom stereocenters. The Morgan fingerprint density at radius 3 is 2.37 bits per heavy atom. The summed E-state index contributed by atoms with van der Waals surface area (Å²) in [5.74, 6) is 1.81. The van der Waals surface area contributed by atoms with Crippen LogP contribution in [0.25, 0.3) is 0 Å². The average Bonchev–Trinajstić information content (AvgIpc) is 2.70. The third-order valence-corrected chi connectivity index (χ3v) is 5.03. The first-order valence-corrected chi connectivity index (χ1v) is 9.40. The summed E-state index contributed by atoms with van der Waals surface area (Å²) in [5.41, 5.74) is 4.88. The molecule has 3 aromatic rings. The van der Waals surface area contributed by atoms with Crippen molar-refractivity contribution in [2.75, 3.05) is 41.3 Å². The number of rotatable bonds is 4. The minimum absolute atomic E-state index is 0.829. The van der Waals surface area contributed by atoms with Gasteiger partial charge in [0.2, 0.25) is 0 Å². The fourth-order valence-corrected chi connectivity index (χ4v) is 3.46. The zero-order valence-electron chi connectivity index (χ0n) is 15.9. The molecule has 1 aliphatic rings. The molecule has 2 aromatic carbocycles. The van der Waals surface area contributed by atoms with E-state index in [2.05, 4.69) is 75.3 Å². The normalized spacial score (nSPS) is 14.3. The summed E-state index contributed by atoms with van der Waals surface area (Å²) in [6.07, 6.45) is 1.64. The van der Waals surface area contributed by atoms with Crippen LogP contribution in [0, 0.1) is 13.8 Å². The van der Waals surface area contributed by atoms with Crippen molar-refractivity contribution in [3.8, 4) is 0 Å². The molecule has 1 aromatic heterocycles. The Morgan fingerprint density at radius 2 is 1.59 bits per heavy atom. The molecule has 0 saturated carbocycles. The first-order chi connectivity index (χ1) is 13.2. The molecule has 1 aliphatic heterocycles. The molecule has 0 radical (unpaired) electrons. The number of hydrogen-bond acceptors (Lipinski definition) is 5. The summed E-state index contributed by atoms with van der Waals surface area (Å²) >= 11 is 0. The minimum Gasteiger partial charge on any atom is -0.368 e. The lowest BCUT2D eigenvalue weighted by molar-refractivity contribution is 0.647. The molecule has 138 valence electrons. The predicted molar refractivity (Wildman–Crippen MR) is 112 cm³/mol. The molecule has 5 nitrogen and oxygen atoms in total. The fraction of sp³-hybridized carbons (Fsp3) is 0.273. The summed E-state index contributed by atoms with van der Waals surface area (Å²) in [4.78, 5) is 13.7. The van der Waals surface area contributed by atoms with E-state index in [0.717, 1.165) is 43.5 Å². The van der Waals surface area contributed by atoms with Crippen LogP contribution in [-0.4, -0.2) is 36.1 Å². The number of aryl methyl sites for hydroxylation is 2. The number of benzene rings is 2. The second-order valence-corrected chi connectivity index (χ2v) is 7.01. The fourth-order valence-electron chi connectivity index (χ4n) is 3.46. The molecule has 1 fully saturated rings. The maximum Gasteiger partial charge on any atom is 0.135 e.